The van der Waals surface area contributed by atoms with Gasteiger partial charge in [-0.2, -0.15) is 0 Å². The van der Waals surface area contributed by atoms with Crippen LogP contribution in [0.3, 0.4) is 0 Å². The normalized spacial score (nSPS) is 11.5. The Morgan fingerprint density at radius 3 is 2.42 bits per heavy atom. The van der Waals surface area contributed by atoms with E-state index in [9.17, 15) is 9.59 Å². The van der Waals surface area contributed by atoms with Gasteiger partial charge in [0, 0.05) is 6.42 Å². The predicted octanol–water partition coefficient (Wildman–Crippen LogP) is 4.01. The Hall–Kier alpha value is -2.82. The van der Waals surface area contributed by atoms with Crippen molar-refractivity contribution in [3.05, 3.63) is 54.1 Å². The number of hydrogen-bond donors (Lipinski definition) is 1. The van der Waals surface area contributed by atoms with Gasteiger partial charge in [-0.3, -0.25) is 4.79 Å². The van der Waals surface area contributed by atoms with Gasteiger partial charge in [-0.25, -0.2) is 0 Å². The lowest BCUT2D eigenvalue weighted by Gasteiger charge is -2.16. The van der Waals surface area contributed by atoms with Crippen molar-refractivity contribution in [1.82, 2.24) is 0 Å². The summed E-state index contributed by atoms with van der Waals surface area (Å²) in [6.07, 6.45) is 0.575. The molecule has 1 amide bonds. The first-order chi connectivity index (χ1) is 12.5. The van der Waals surface area contributed by atoms with Gasteiger partial charge < -0.3 is 19.6 Å². The third kappa shape index (κ3) is 5.92. The van der Waals surface area contributed by atoms with Gasteiger partial charge in [0.1, 0.15) is 17.3 Å². The second-order valence-corrected chi connectivity index (χ2v) is 6.02. The van der Waals surface area contributed by atoms with Crippen molar-refractivity contribution < 1.29 is 19.1 Å². The van der Waals surface area contributed by atoms with Gasteiger partial charge in [0.25, 0.3) is 5.91 Å². The number of ketones is 1. The molecule has 0 unspecified atom stereocenters. The summed E-state index contributed by atoms with van der Waals surface area (Å²) in [5.74, 6) is 1.16. The van der Waals surface area contributed by atoms with Crippen molar-refractivity contribution in [3.63, 3.8) is 0 Å². The van der Waals surface area contributed by atoms with Crippen LogP contribution in [0.5, 0.6) is 11.5 Å². The highest BCUT2D eigenvalue weighted by Crippen LogP contribution is 2.24. The summed E-state index contributed by atoms with van der Waals surface area (Å²) in [7, 11) is 0. The van der Waals surface area contributed by atoms with Crippen molar-refractivity contribution in [3.8, 4) is 11.5 Å². The Balaban J connectivity index is 1.93. The van der Waals surface area contributed by atoms with Gasteiger partial charge in [-0.1, -0.05) is 24.3 Å². The second kappa shape index (κ2) is 9.61. The Kier molecular flexibility index (Phi) is 7.21. The minimum atomic E-state index is -0.659. The molecule has 0 fully saturated rings. The van der Waals surface area contributed by atoms with Crippen LogP contribution in [-0.2, 0) is 16.0 Å². The molecule has 5 heteroatoms. The van der Waals surface area contributed by atoms with E-state index in [1.54, 1.807) is 19.9 Å². The first kappa shape index (κ1) is 19.5. The lowest BCUT2D eigenvalue weighted by atomic mass is 10.1. The van der Waals surface area contributed by atoms with Crippen LogP contribution < -0.4 is 14.8 Å². The second-order valence-electron chi connectivity index (χ2n) is 6.02. The molecule has 0 bridgehead atoms. The highest BCUT2D eigenvalue weighted by Gasteiger charge is 2.16. The topological polar surface area (TPSA) is 64.6 Å². The number of hydrogen-bond acceptors (Lipinski definition) is 4. The first-order valence-corrected chi connectivity index (χ1v) is 8.77. The van der Waals surface area contributed by atoms with Gasteiger partial charge in [-0.05, 0) is 57.0 Å². The smallest absolute Gasteiger partial charge is 0.265 e. The average molecular weight is 355 g/mol. The molecule has 2 aromatic carbocycles. The number of benzene rings is 2. The summed E-state index contributed by atoms with van der Waals surface area (Å²) in [5.41, 5.74) is 1.68. The molecule has 0 aliphatic carbocycles. The zero-order valence-corrected chi connectivity index (χ0v) is 15.5. The Labute approximate surface area is 154 Å². The number of carbonyl (C=O) groups excluding carboxylic acids is 2. The fraction of sp³-hybridized carbons (Fsp3) is 0.333. The molecule has 0 aliphatic rings. The molecule has 1 atom stereocenters. The van der Waals surface area contributed by atoms with Crippen LogP contribution in [-0.4, -0.2) is 24.4 Å². The molecule has 2 aromatic rings. The number of para-hydroxylation sites is 2. The first-order valence-electron chi connectivity index (χ1n) is 8.77. The Morgan fingerprint density at radius 2 is 1.77 bits per heavy atom. The van der Waals surface area contributed by atoms with Crippen LogP contribution in [0.2, 0.25) is 0 Å². The predicted molar refractivity (Wildman–Crippen MR) is 102 cm³/mol. The van der Waals surface area contributed by atoms with E-state index in [-0.39, 0.29) is 11.7 Å². The van der Waals surface area contributed by atoms with E-state index in [4.69, 9.17) is 9.47 Å². The number of carbonyl (C=O) groups is 2. The maximum atomic E-state index is 12.4. The SMILES string of the molecule is CCOc1ccccc1NC(=O)[C@H](C)Oc1ccc(CCC(C)=O)cc1. The van der Waals surface area contributed by atoms with Crippen molar-refractivity contribution >= 4 is 17.4 Å². The molecule has 0 radical (unpaired) electrons. The van der Waals surface area contributed by atoms with Crippen molar-refractivity contribution in [2.45, 2.75) is 39.7 Å². The third-order valence-corrected chi connectivity index (χ3v) is 3.82. The number of anilines is 1. The number of rotatable bonds is 9. The number of Topliss-reactive ketones (excluding diaryl/α,β-unsaturated/α-hetero) is 1. The summed E-state index contributed by atoms with van der Waals surface area (Å²) < 4.78 is 11.2. The zero-order valence-electron chi connectivity index (χ0n) is 15.5. The fourth-order valence-electron chi connectivity index (χ4n) is 2.40. The minimum Gasteiger partial charge on any atom is -0.492 e. The van der Waals surface area contributed by atoms with E-state index >= 15 is 0 Å². The van der Waals surface area contributed by atoms with Gasteiger partial charge >= 0.3 is 0 Å². The quantitative estimate of drug-likeness (QED) is 0.738. The zero-order chi connectivity index (χ0) is 18.9. The van der Waals surface area contributed by atoms with Gasteiger partial charge in [0.2, 0.25) is 0 Å². The molecule has 0 spiro atoms. The van der Waals surface area contributed by atoms with E-state index in [2.05, 4.69) is 5.32 Å². The van der Waals surface area contributed by atoms with Crippen LogP contribution in [0.15, 0.2) is 48.5 Å². The third-order valence-electron chi connectivity index (χ3n) is 3.82. The maximum Gasteiger partial charge on any atom is 0.265 e. The molecule has 0 saturated heterocycles. The van der Waals surface area contributed by atoms with E-state index in [0.29, 0.717) is 36.6 Å². The average Bonchev–Trinajstić information content (AvgIpc) is 2.63. The number of aryl methyl sites for hydroxylation is 1. The van der Waals surface area contributed by atoms with Gasteiger partial charge in [-0.15, -0.1) is 0 Å². The molecule has 138 valence electrons. The summed E-state index contributed by atoms with van der Waals surface area (Å²) in [5, 5.41) is 2.83. The lowest BCUT2D eigenvalue weighted by Crippen LogP contribution is -2.30. The van der Waals surface area contributed by atoms with Crippen LogP contribution in [0.1, 0.15) is 32.8 Å². The number of amides is 1. The van der Waals surface area contributed by atoms with Crippen LogP contribution in [0, 0.1) is 0 Å². The Morgan fingerprint density at radius 1 is 1.08 bits per heavy atom. The molecule has 0 heterocycles. The highest BCUT2D eigenvalue weighted by molar-refractivity contribution is 5.95. The summed E-state index contributed by atoms with van der Waals surface area (Å²) in [6.45, 7) is 5.70. The van der Waals surface area contributed by atoms with Crippen LogP contribution in [0.4, 0.5) is 5.69 Å². The lowest BCUT2D eigenvalue weighted by molar-refractivity contribution is -0.122. The van der Waals surface area contributed by atoms with Crippen molar-refractivity contribution in [1.29, 1.82) is 0 Å². The molecular weight excluding hydrogens is 330 g/mol. The van der Waals surface area contributed by atoms with Crippen LogP contribution in [0.25, 0.3) is 0 Å². The van der Waals surface area contributed by atoms with Gasteiger partial charge in [0.15, 0.2) is 6.10 Å². The van der Waals surface area contributed by atoms with E-state index in [1.165, 1.54) is 0 Å². The fourth-order valence-corrected chi connectivity index (χ4v) is 2.40. The summed E-state index contributed by atoms with van der Waals surface area (Å²) in [6, 6.07) is 14.7. The highest BCUT2D eigenvalue weighted by atomic mass is 16.5. The number of ether oxygens (including phenoxy) is 2. The van der Waals surface area contributed by atoms with E-state index < -0.39 is 6.10 Å². The minimum absolute atomic E-state index is 0.169. The Bertz CT molecular complexity index is 740. The summed E-state index contributed by atoms with van der Waals surface area (Å²) >= 11 is 0. The molecule has 1 N–H and O–H groups in total. The summed E-state index contributed by atoms with van der Waals surface area (Å²) in [4.78, 5) is 23.4. The molecular formula is C21H25NO4. The molecule has 5 nitrogen and oxygen atoms in total. The largest absolute Gasteiger partial charge is 0.492 e. The maximum absolute atomic E-state index is 12.4. The number of nitrogens with one attached hydrogen (secondary N) is 1. The molecule has 0 aromatic heterocycles. The van der Waals surface area contributed by atoms with Crippen molar-refractivity contribution in [2.24, 2.45) is 0 Å². The van der Waals surface area contributed by atoms with E-state index in [1.807, 2.05) is 49.4 Å². The molecule has 0 aliphatic heterocycles. The standard InChI is InChI=1S/C21H25NO4/c1-4-25-20-8-6-5-7-19(20)22-21(24)16(3)26-18-13-11-17(12-14-18)10-9-15(2)23/h5-8,11-14,16H,4,9-10H2,1-3H3,(H,22,24)/t16-/m0/s1. The molecule has 0 saturated carbocycles. The molecule has 2 rings (SSSR count). The van der Waals surface area contributed by atoms with E-state index in [0.717, 1.165) is 5.56 Å². The van der Waals surface area contributed by atoms with Gasteiger partial charge in [0.05, 0.1) is 12.3 Å². The monoisotopic (exact) mass is 355 g/mol. The van der Waals surface area contributed by atoms with Crippen molar-refractivity contribution in [2.75, 3.05) is 11.9 Å². The van der Waals surface area contributed by atoms with Crippen LogP contribution >= 0.6 is 0 Å². The molecule has 26 heavy (non-hydrogen) atoms.